The number of hydrogen-bond donors (Lipinski definition) is 0. The predicted octanol–water partition coefficient (Wildman–Crippen LogP) is 1.79. The average Bonchev–Trinajstić information content (AvgIpc) is 3.18. The summed E-state index contributed by atoms with van der Waals surface area (Å²) in [6.45, 7) is 2.98. The van der Waals surface area contributed by atoms with Crippen molar-refractivity contribution in [3.63, 3.8) is 0 Å². The van der Waals surface area contributed by atoms with Gasteiger partial charge in [-0.05, 0) is 25.0 Å². The molecule has 1 aromatic carbocycles. The van der Waals surface area contributed by atoms with Crippen LogP contribution in [0.5, 0.6) is 17.4 Å². The van der Waals surface area contributed by atoms with Crippen molar-refractivity contribution in [1.29, 1.82) is 0 Å². The minimum atomic E-state index is -3.73. The minimum absolute atomic E-state index is 0.113. The maximum absolute atomic E-state index is 14.3. The van der Waals surface area contributed by atoms with E-state index in [1.807, 2.05) is 0 Å². The van der Waals surface area contributed by atoms with Gasteiger partial charge in [0.1, 0.15) is 25.6 Å². The van der Waals surface area contributed by atoms with Crippen molar-refractivity contribution in [3.05, 3.63) is 36.0 Å². The van der Waals surface area contributed by atoms with Gasteiger partial charge >= 0.3 is 0 Å². The second-order valence-electron chi connectivity index (χ2n) is 6.49. The Morgan fingerprint density at radius 1 is 1.25 bits per heavy atom. The quantitative estimate of drug-likeness (QED) is 0.744. The highest BCUT2D eigenvalue weighted by Gasteiger charge is 2.35. The van der Waals surface area contributed by atoms with E-state index in [4.69, 9.17) is 14.2 Å². The fourth-order valence-electron chi connectivity index (χ4n) is 3.22. The maximum atomic E-state index is 14.3. The number of hydrogen-bond acceptors (Lipinski definition) is 7. The molecule has 8 nitrogen and oxygen atoms in total. The minimum Gasteiger partial charge on any atom is -0.486 e. The highest BCUT2D eigenvalue weighted by atomic mass is 32.2. The van der Waals surface area contributed by atoms with Crippen molar-refractivity contribution in [3.8, 4) is 17.4 Å². The Bertz CT molecular complexity index is 985. The van der Waals surface area contributed by atoms with Gasteiger partial charge in [-0.2, -0.15) is 13.7 Å². The first-order chi connectivity index (χ1) is 13.5. The summed E-state index contributed by atoms with van der Waals surface area (Å²) in [4.78, 5) is 7.83. The molecular weight excluding hydrogens is 389 g/mol. The molecular formula is C18H20FN3O5S. The molecule has 1 atom stereocenters. The van der Waals surface area contributed by atoms with Gasteiger partial charge in [0.2, 0.25) is 15.8 Å². The van der Waals surface area contributed by atoms with E-state index in [0.29, 0.717) is 37.6 Å². The molecule has 0 spiro atoms. The standard InChI is InChI=1S/C18H20FN3O5S/c1-2-14-17(19)18(21-11-20-14)27-12-5-6-22(10-12)28(23,24)13-3-4-15-16(9-13)26-8-7-25-15/h3-4,9,11-12H,2,5-8,10H2,1H3. The predicted molar refractivity (Wildman–Crippen MR) is 96.6 cm³/mol. The van der Waals surface area contributed by atoms with Crippen LogP contribution < -0.4 is 14.2 Å². The van der Waals surface area contributed by atoms with Gasteiger partial charge < -0.3 is 14.2 Å². The van der Waals surface area contributed by atoms with Crippen LogP contribution in [0.25, 0.3) is 0 Å². The van der Waals surface area contributed by atoms with Crippen molar-refractivity contribution < 1.29 is 27.0 Å². The molecule has 3 heterocycles. The summed E-state index contributed by atoms with van der Waals surface area (Å²) >= 11 is 0. The molecule has 150 valence electrons. The maximum Gasteiger partial charge on any atom is 0.254 e. The molecule has 0 saturated carbocycles. The van der Waals surface area contributed by atoms with Gasteiger partial charge in [0.05, 0.1) is 17.1 Å². The molecule has 1 fully saturated rings. The van der Waals surface area contributed by atoms with E-state index in [1.54, 1.807) is 13.0 Å². The Labute approximate surface area is 162 Å². The second-order valence-corrected chi connectivity index (χ2v) is 8.43. The monoisotopic (exact) mass is 409 g/mol. The first kappa shape index (κ1) is 18.9. The van der Waals surface area contributed by atoms with Gasteiger partial charge in [-0.1, -0.05) is 6.92 Å². The van der Waals surface area contributed by atoms with Gasteiger partial charge in [-0.3, -0.25) is 0 Å². The summed E-state index contributed by atoms with van der Waals surface area (Å²) in [6.07, 6.45) is 1.62. The number of ether oxygens (including phenoxy) is 3. The van der Waals surface area contributed by atoms with Gasteiger partial charge in [0, 0.05) is 12.6 Å². The van der Waals surface area contributed by atoms with Crippen LogP contribution in [0, 0.1) is 5.82 Å². The topological polar surface area (TPSA) is 90.9 Å². The van der Waals surface area contributed by atoms with Gasteiger partial charge in [-0.15, -0.1) is 0 Å². The molecule has 0 amide bonds. The Morgan fingerprint density at radius 2 is 2.04 bits per heavy atom. The van der Waals surface area contributed by atoms with E-state index >= 15 is 0 Å². The highest BCUT2D eigenvalue weighted by Crippen LogP contribution is 2.34. The van der Waals surface area contributed by atoms with E-state index in [0.717, 1.165) is 0 Å². The summed E-state index contributed by atoms with van der Waals surface area (Å²) in [5.74, 6) is 0.196. The van der Waals surface area contributed by atoms with Crippen molar-refractivity contribution in [2.24, 2.45) is 0 Å². The molecule has 2 aliphatic heterocycles. The Morgan fingerprint density at radius 3 is 2.82 bits per heavy atom. The van der Waals surface area contributed by atoms with Crippen LogP contribution >= 0.6 is 0 Å². The van der Waals surface area contributed by atoms with Crippen molar-refractivity contribution >= 4 is 10.0 Å². The molecule has 0 aliphatic carbocycles. The number of aromatic nitrogens is 2. The van der Waals surface area contributed by atoms with Gasteiger partial charge in [-0.25, -0.2) is 13.4 Å². The fourth-order valence-corrected chi connectivity index (χ4v) is 4.72. The van der Waals surface area contributed by atoms with Crippen molar-refractivity contribution in [1.82, 2.24) is 14.3 Å². The van der Waals surface area contributed by atoms with E-state index in [2.05, 4.69) is 9.97 Å². The number of fused-ring (bicyclic) bond motifs is 1. The number of nitrogens with zero attached hydrogens (tertiary/aromatic N) is 3. The van der Waals surface area contributed by atoms with Crippen molar-refractivity contribution in [2.45, 2.75) is 30.8 Å². The highest BCUT2D eigenvalue weighted by molar-refractivity contribution is 7.89. The summed E-state index contributed by atoms with van der Waals surface area (Å²) in [5, 5.41) is 0. The lowest BCUT2D eigenvalue weighted by Crippen LogP contribution is -2.31. The van der Waals surface area contributed by atoms with Crippen LogP contribution in [0.1, 0.15) is 19.0 Å². The SMILES string of the molecule is CCc1ncnc(OC2CCN(S(=O)(=O)c3ccc4c(c3)OCCO4)C2)c1F. The number of aryl methyl sites for hydroxylation is 1. The largest absolute Gasteiger partial charge is 0.486 e. The molecule has 1 unspecified atom stereocenters. The van der Waals surface area contributed by atoms with E-state index in [-0.39, 0.29) is 29.6 Å². The van der Waals surface area contributed by atoms with Crippen LogP contribution in [-0.4, -0.2) is 55.1 Å². The van der Waals surface area contributed by atoms with E-state index in [1.165, 1.54) is 22.8 Å². The fraction of sp³-hybridized carbons (Fsp3) is 0.444. The third kappa shape index (κ3) is 3.49. The molecule has 0 N–H and O–H groups in total. The number of rotatable bonds is 5. The van der Waals surface area contributed by atoms with Crippen molar-refractivity contribution in [2.75, 3.05) is 26.3 Å². The summed E-state index contributed by atoms with van der Waals surface area (Å²) in [7, 11) is -3.73. The Hall–Kier alpha value is -2.46. The number of sulfonamides is 1. The van der Waals surface area contributed by atoms with Crippen LogP contribution in [0.15, 0.2) is 29.4 Å². The van der Waals surface area contributed by atoms with Gasteiger partial charge in [0.15, 0.2) is 11.5 Å². The second kappa shape index (κ2) is 7.51. The van der Waals surface area contributed by atoms with Crippen LogP contribution in [-0.2, 0) is 16.4 Å². The summed E-state index contributed by atoms with van der Waals surface area (Å²) < 4.78 is 58.0. The first-order valence-corrected chi connectivity index (χ1v) is 10.5. The molecule has 28 heavy (non-hydrogen) atoms. The Kier molecular flexibility index (Phi) is 5.07. The zero-order valence-corrected chi connectivity index (χ0v) is 16.1. The summed E-state index contributed by atoms with van der Waals surface area (Å²) in [5.41, 5.74) is 0.267. The zero-order valence-electron chi connectivity index (χ0n) is 15.3. The molecule has 1 saturated heterocycles. The van der Waals surface area contributed by atoms with E-state index in [9.17, 15) is 12.8 Å². The number of benzene rings is 1. The van der Waals surface area contributed by atoms with Gasteiger partial charge in [0.25, 0.3) is 5.88 Å². The Balaban J connectivity index is 1.49. The normalized spacial score (nSPS) is 19.6. The van der Waals surface area contributed by atoms with Crippen LogP contribution in [0.4, 0.5) is 4.39 Å². The lowest BCUT2D eigenvalue weighted by atomic mass is 10.3. The van der Waals surface area contributed by atoms with E-state index < -0.39 is 21.9 Å². The lowest BCUT2D eigenvalue weighted by Gasteiger charge is -2.21. The third-order valence-electron chi connectivity index (χ3n) is 4.70. The first-order valence-electron chi connectivity index (χ1n) is 9.05. The molecule has 1 aromatic heterocycles. The molecule has 0 radical (unpaired) electrons. The molecule has 0 bridgehead atoms. The molecule has 2 aromatic rings. The summed E-state index contributed by atoms with van der Waals surface area (Å²) in [6, 6.07) is 4.55. The zero-order chi connectivity index (χ0) is 19.7. The average molecular weight is 409 g/mol. The third-order valence-corrected chi connectivity index (χ3v) is 6.56. The lowest BCUT2D eigenvalue weighted by molar-refractivity contribution is 0.171. The van der Waals surface area contributed by atoms with Crippen LogP contribution in [0.3, 0.4) is 0 Å². The van der Waals surface area contributed by atoms with Crippen LogP contribution in [0.2, 0.25) is 0 Å². The smallest absolute Gasteiger partial charge is 0.254 e. The molecule has 4 rings (SSSR count). The molecule has 10 heteroatoms. The number of halogens is 1. The molecule has 2 aliphatic rings.